The summed E-state index contributed by atoms with van der Waals surface area (Å²) < 4.78 is 60.7. The lowest BCUT2D eigenvalue weighted by Gasteiger charge is -2.26. The van der Waals surface area contributed by atoms with E-state index in [0.717, 1.165) is 18.6 Å². The third kappa shape index (κ3) is 5.68. The second kappa shape index (κ2) is 10.3. The SMILES string of the molecule is COCOC1=CCC(C(=O)[C@H]2CCC[C@H]2c2cc(C(F)(F)F)ccc2OCOC)C=C1. The first-order valence-corrected chi connectivity index (χ1v) is 10.2. The van der Waals surface area contributed by atoms with E-state index in [1.807, 2.05) is 6.08 Å². The molecule has 3 rings (SSSR count). The summed E-state index contributed by atoms with van der Waals surface area (Å²) in [5, 5.41) is 0. The Balaban J connectivity index is 1.81. The molecule has 1 unspecified atom stereocenters. The maximum atomic E-state index is 13.3. The Morgan fingerprint density at radius 3 is 2.48 bits per heavy atom. The van der Waals surface area contributed by atoms with Gasteiger partial charge in [-0.05, 0) is 61.1 Å². The first-order chi connectivity index (χ1) is 14.8. The first-order valence-electron chi connectivity index (χ1n) is 10.2. The second-order valence-corrected chi connectivity index (χ2v) is 7.71. The van der Waals surface area contributed by atoms with Gasteiger partial charge in [0.05, 0.1) is 5.56 Å². The number of allylic oxidation sites excluding steroid dienone is 3. The van der Waals surface area contributed by atoms with Crippen LogP contribution < -0.4 is 4.74 Å². The molecule has 1 saturated carbocycles. The molecule has 0 amide bonds. The van der Waals surface area contributed by atoms with Gasteiger partial charge in [-0.3, -0.25) is 4.79 Å². The van der Waals surface area contributed by atoms with Crippen molar-refractivity contribution in [3.63, 3.8) is 0 Å². The average molecular weight is 440 g/mol. The summed E-state index contributed by atoms with van der Waals surface area (Å²) in [7, 11) is 2.97. The van der Waals surface area contributed by atoms with Gasteiger partial charge in [0.1, 0.15) is 17.3 Å². The van der Waals surface area contributed by atoms with Crippen molar-refractivity contribution in [3.8, 4) is 5.75 Å². The lowest BCUT2D eigenvalue weighted by Crippen LogP contribution is -2.26. The van der Waals surface area contributed by atoms with E-state index in [9.17, 15) is 18.0 Å². The third-order valence-electron chi connectivity index (χ3n) is 5.72. The molecular formula is C23H27F3O5. The number of carbonyl (C=O) groups excluding carboxylic acids is 1. The Bertz CT molecular complexity index is 831. The predicted octanol–water partition coefficient (Wildman–Crippen LogP) is 5.22. The molecule has 31 heavy (non-hydrogen) atoms. The lowest BCUT2D eigenvalue weighted by atomic mass is 9.79. The lowest BCUT2D eigenvalue weighted by molar-refractivity contribution is -0.137. The van der Waals surface area contributed by atoms with Crippen molar-refractivity contribution in [2.75, 3.05) is 27.8 Å². The highest BCUT2D eigenvalue weighted by atomic mass is 19.4. The standard InChI is InChI=1S/C23H27F3O5/c1-28-13-30-17-9-6-15(7-10-17)22(27)19-5-3-4-18(19)20-12-16(23(24,25)26)8-11-21(20)31-14-29-2/h6,8-12,15,18-19H,3-5,7,13-14H2,1-2H3/t15?,18-,19+/m1/s1. The number of rotatable bonds is 9. The molecule has 1 fully saturated rings. The van der Waals surface area contributed by atoms with Crippen molar-refractivity contribution in [1.29, 1.82) is 0 Å². The van der Waals surface area contributed by atoms with Crippen LogP contribution in [0.1, 0.15) is 42.7 Å². The van der Waals surface area contributed by atoms with E-state index >= 15 is 0 Å². The van der Waals surface area contributed by atoms with Crippen LogP contribution in [0, 0.1) is 11.8 Å². The zero-order valence-corrected chi connectivity index (χ0v) is 17.6. The van der Waals surface area contributed by atoms with Crippen LogP contribution in [0.3, 0.4) is 0 Å². The van der Waals surface area contributed by atoms with Crippen LogP contribution in [-0.2, 0) is 25.2 Å². The molecule has 170 valence electrons. The van der Waals surface area contributed by atoms with E-state index in [0.29, 0.717) is 36.3 Å². The van der Waals surface area contributed by atoms with E-state index in [2.05, 4.69) is 0 Å². The summed E-state index contributed by atoms with van der Waals surface area (Å²) in [5.41, 5.74) is -0.326. The van der Waals surface area contributed by atoms with E-state index in [-0.39, 0.29) is 37.1 Å². The number of carbonyl (C=O) groups is 1. The van der Waals surface area contributed by atoms with Crippen molar-refractivity contribution in [1.82, 2.24) is 0 Å². The van der Waals surface area contributed by atoms with Gasteiger partial charge >= 0.3 is 6.18 Å². The third-order valence-corrected chi connectivity index (χ3v) is 5.72. The van der Waals surface area contributed by atoms with Gasteiger partial charge in [0.15, 0.2) is 13.6 Å². The highest BCUT2D eigenvalue weighted by Crippen LogP contribution is 2.46. The van der Waals surface area contributed by atoms with Gasteiger partial charge in [0.2, 0.25) is 0 Å². The number of ketones is 1. The highest BCUT2D eigenvalue weighted by molar-refractivity contribution is 5.86. The average Bonchev–Trinajstić information content (AvgIpc) is 3.25. The molecule has 2 aliphatic rings. The normalized spacial score (nSPS) is 23.5. The molecular weight excluding hydrogens is 413 g/mol. The fraction of sp³-hybridized carbons (Fsp3) is 0.522. The van der Waals surface area contributed by atoms with E-state index < -0.39 is 11.7 Å². The summed E-state index contributed by atoms with van der Waals surface area (Å²) >= 11 is 0. The molecule has 0 aliphatic heterocycles. The number of hydrogen-bond acceptors (Lipinski definition) is 5. The van der Waals surface area contributed by atoms with Crippen LogP contribution in [-0.4, -0.2) is 33.6 Å². The molecule has 0 spiro atoms. The van der Waals surface area contributed by atoms with Gasteiger partial charge in [-0.2, -0.15) is 13.2 Å². The summed E-state index contributed by atoms with van der Waals surface area (Å²) in [5.74, 6) is -0.00976. The van der Waals surface area contributed by atoms with Crippen LogP contribution >= 0.6 is 0 Å². The fourth-order valence-corrected chi connectivity index (χ4v) is 4.26. The molecule has 0 bridgehead atoms. The van der Waals surface area contributed by atoms with E-state index in [1.54, 1.807) is 12.2 Å². The maximum Gasteiger partial charge on any atom is 0.416 e. The fourth-order valence-electron chi connectivity index (χ4n) is 4.26. The van der Waals surface area contributed by atoms with Gasteiger partial charge in [-0.1, -0.05) is 12.5 Å². The van der Waals surface area contributed by atoms with Crippen LogP contribution in [0.2, 0.25) is 0 Å². The molecule has 2 aliphatic carbocycles. The van der Waals surface area contributed by atoms with Crippen molar-refractivity contribution in [2.45, 2.75) is 37.8 Å². The van der Waals surface area contributed by atoms with Crippen molar-refractivity contribution in [2.24, 2.45) is 11.8 Å². The largest absolute Gasteiger partial charge is 0.468 e. The van der Waals surface area contributed by atoms with Crippen molar-refractivity contribution < 1.29 is 36.9 Å². The summed E-state index contributed by atoms with van der Waals surface area (Å²) in [6.07, 6.45) is 3.46. The van der Waals surface area contributed by atoms with Gasteiger partial charge in [0, 0.05) is 26.1 Å². The minimum Gasteiger partial charge on any atom is -0.468 e. The highest BCUT2D eigenvalue weighted by Gasteiger charge is 2.39. The van der Waals surface area contributed by atoms with Crippen LogP contribution in [0.25, 0.3) is 0 Å². The number of ether oxygens (including phenoxy) is 4. The summed E-state index contributed by atoms with van der Waals surface area (Å²) in [4.78, 5) is 13.3. The minimum atomic E-state index is -4.47. The Labute approximate surface area is 179 Å². The number of hydrogen-bond donors (Lipinski definition) is 0. The second-order valence-electron chi connectivity index (χ2n) is 7.71. The Morgan fingerprint density at radius 1 is 1.10 bits per heavy atom. The molecule has 1 aromatic rings. The molecule has 0 radical (unpaired) electrons. The number of Topliss-reactive ketones (excluding diaryl/α,β-unsaturated/α-hetero) is 1. The molecule has 0 aromatic heterocycles. The first kappa shape index (κ1) is 23.3. The predicted molar refractivity (Wildman–Crippen MR) is 107 cm³/mol. The Kier molecular flexibility index (Phi) is 7.78. The molecule has 5 nitrogen and oxygen atoms in total. The summed E-state index contributed by atoms with van der Waals surface area (Å²) in [6.45, 7) is 0.0450. The van der Waals surface area contributed by atoms with Crippen LogP contribution in [0.5, 0.6) is 5.75 Å². The number of halogens is 3. The van der Waals surface area contributed by atoms with E-state index in [4.69, 9.17) is 18.9 Å². The maximum absolute atomic E-state index is 13.3. The quantitative estimate of drug-likeness (QED) is 0.493. The topological polar surface area (TPSA) is 54.0 Å². The van der Waals surface area contributed by atoms with Crippen LogP contribution in [0.15, 0.2) is 42.2 Å². The van der Waals surface area contributed by atoms with E-state index in [1.165, 1.54) is 20.3 Å². The number of methoxy groups -OCH3 is 2. The summed E-state index contributed by atoms with van der Waals surface area (Å²) in [6, 6.07) is 3.44. The Morgan fingerprint density at radius 2 is 1.84 bits per heavy atom. The van der Waals surface area contributed by atoms with Gasteiger partial charge in [-0.15, -0.1) is 0 Å². The van der Waals surface area contributed by atoms with Crippen LogP contribution in [0.4, 0.5) is 13.2 Å². The zero-order chi connectivity index (χ0) is 22.4. The molecule has 1 aromatic carbocycles. The number of alkyl halides is 3. The monoisotopic (exact) mass is 440 g/mol. The van der Waals surface area contributed by atoms with Crippen molar-refractivity contribution >= 4 is 5.78 Å². The molecule has 8 heteroatoms. The molecule has 3 atom stereocenters. The van der Waals surface area contributed by atoms with Gasteiger partial charge < -0.3 is 18.9 Å². The van der Waals surface area contributed by atoms with Crippen molar-refractivity contribution in [3.05, 3.63) is 53.3 Å². The molecule has 0 N–H and O–H groups in total. The number of benzene rings is 1. The molecule has 0 saturated heterocycles. The van der Waals surface area contributed by atoms with Gasteiger partial charge in [0.25, 0.3) is 0 Å². The Hall–Kier alpha value is -2.32. The minimum absolute atomic E-state index is 0.0379. The smallest absolute Gasteiger partial charge is 0.416 e. The van der Waals surface area contributed by atoms with Gasteiger partial charge in [-0.25, -0.2) is 0 Å². The zero-order valence-electron chi connectivity index (χ0n) is 17.6. The molecule has 0 heterocycles.